The minimum atomic E-state index is 0.0966. The highest BCUT2D eigenvalue weighted by Gasteiger charge is 2.54. The molecule has 2 aliphatic rings. The Kier molecular flexibility index (Phi) is 1.39. The third-order valence-corrected chi connectivity index (χ3v) is 3.95. The summed E-state index contributed by atoms with van der Waals surface area (Å²) >= 11 is 0. The molecule has 3 atom stereocenters. The summed E-state index contributed by atoms with van der Waals surface area (Å²) in [4.78, 5) is 11.5. The van der Waals surface area contributed by atoms with Crippen molar-refractivity contribution >= 4 is 5.78 Å². The van der Waals surface area contributed by atoms with Crippen LogP contribution in [0.2, 0.25) is 0 Å². The molecule has 2 saturated carbocycles. The SMILES string of the molecule is CCC1[C@@H]2CC[C@@]1(C)C(=O)C2. The Hall–Kier alpha value is -0.330. The second-order valence-electron chi connectivity index (χ2n) is 4.36. The molecule has 0 amide bonds. The summed E-state index contributed by atoms with van der Waals surface area (Å²) in [5.41, 5.74) is 0.0966. The molecule has 0 aliphatic heterocycles. The highest BCUT2D eigenvalue weighted by molar-refractivity contribution is 5.88. The lowest BCUT2D eigenvalue weighted by atomic mass is 9.79. The Labute approximate surface area is 68.2 Å². The lowest BCUT2D eigenvalue weighted by Gasteiger charge is -2.23. The van der Waals surface area contributed by atoms with Gasteiger partial charge in [0.05, 0.1) is 0 Å². The average molecular weight is 152 g/mol. The van der Waals surface area contributed by atoms with Crippen LogP contribution in [-0.4, -0.2) is 5.78 Å². The minimum absolute atomic E-state index is 0.0966. The lowest BCUT2D eigenvalue weighted by molar-refractivity contribution is -0.127. The molecule has 2 fully saturated rings. The molecule has 2 aliphatic carbocycles. The molecule has 2 bridgehead atoms. The van der Waals surface area contributed by atoms with E-state index in [1.165, 1.54) is 12.8 Å². The van der Waals surface area contributed by atoms with E-state index in [0.29, 0.717) is 5.78 Å². The van der Waals surface area contributed by atoms with Crippen LogP contribution >= 0.6 is 0 Å². The van der Waals surface area contributed by atoms with E-state index < -0.39 is 0 Å². The summed E-state index contributed by atoms with van der Waals surface area (Å²) in [7, 11) is 0. The number of carbonyl (C=O) groups is 1. The van der Waals surface area contributed by atoms with Crippen LogP contribution in [0.1, 0.15) is 39.5 Å². The molecule has 0 saturated heterocycles. The first kappa shape index (κ1) is 7.33. The van der Waals surface area contributed by atoms with E-state index in [-0.39, 0.29) is 5.41 Å². The van der Waals surface area contributed by atoms with Crippen LogP contribution in [0.3, 0.4) is 0 Å². The molecule has 11 heavy (non-hydrogen) atoms. The van der Waals surface area contributed by atoms with Gasteiger partial charge in [-0.2, -0.15) is 0 Å². The monoisotopic (exact) mass is 152 g/mol. The lowest BCUT2D eigenvalue weighted by Crippen LogP contribution is -2.25. The molecule has 1 nitrogen and oxygen atoms in total. The maximum Gasteiger partial charge on any atom is 0.139 e. The number of hydrogen-bond acceptors (Lipinski definition) is 1. The van der Waals surface area contributed by atoms with Crippen LogP contribution in [0.4, 0.5) is 0 Å². The molecule has 0 radical (unpaired) electrons. The molecule has 0 aromatic heterocycles. The van der Waals surface area contributed by atoms with Gasteiger partial charge in [0.15, 0.2) is 0 Å². The Balaban J connectivity index is 2.31. The molecule has 0 N–H and O–H groups in total. The van der Waals surface area contributed by atoms with Crippen LogP contribution in [-0.2, 0) is 4.79 Å². The number of ketones is 1. The number of fused-ring (bicyclic) bond motifs is 2. The Bertz CT molecular complexity index is 197. The molecule has 2 rings (SSSR count). The Morgan fingerprint density at radius 2 is 2.36 bits per heavy atom. The molecule has 62 valence electrons. The number of Topliss-reactive ketones (excluding diaryl/α,β-unsaturated/α-hetero) is 1. The van der Waals surface area contributed by atoms with Crippen molar-refractivity contribution in [3.05, 3.63) is 0 Å². The maximum absolute atomic E-state index is 11.5. The first-order valence-corrected chi connectivity index (χ1v) is 4.72. The predicted octanol–water partition coefficient (Wildman–Crippen LogP) is 2.40. The molecule has 0 aromatic carbocycles. The number of rotatable bonds is 1. The summed E-state index contributed by atoms with van der Waals surface area (Å²) in [5, 5.41) is 0. The molecular weight excluding hydrogens is 136 g/mol. The first-order chi connectivity index (χ1) is 5.18. The van der Waals surface area contributed by atoms with Crippen molar-refractivity contribution in [2.45, 2.75) is 39.5 Å². The smallest absolute Gasteiger partial charge is 0.139 e. The standard InChI is InChI=1S/C10H16O/c1-3-8-7-4-5-10(8,2)9(11)6-7/h7-8H,3-6H2,1-2H3/t7-,8?,10-/m1/s1. The van der Waals surface area contributed by atoms with Crippen molar-refractivity contribution in [1.82, 2.24) is 0 Å². The largest absolute Gasteiger partial charge is 0.299 e. The van der Waals surface area contributed by atoms with E-state index >= 15 is 0 Å². The summed E-state index contributed by atoms with van der Waals surface area (Å²) in [6.45, 7) is 4.40. The van der Waals surface area contributed by atoms with E-state index in [9.17, 15) is 4.79 Å². The quantitative estimate of drug-likeness (QED) is 0.564. The second-order valence-corrected chi connectivity index (χ2v) is 4.36. The minimum Gasteiger partial charge on any atom is -0.299 e. The van der Waals surface area contributed by atoms with Gasteiger partial charge in [-0.15, -0.1) is 0 Å². The van der Waals surface area contributed by atoms with Crippen molar-refractivity contribution in [2.24, 2.45) is 17.3 Å². The summed E-state index contributed by atoms with van der Waals surface area (Å²) in [5.74, 6) is 2.01. The van der Waals surface area contributed by atoms with Crippen LogP contribution in [0.25, 0.3) is 0 Å². The van der Waals surface area contributed by atoms with Crippen molar-refractivity contribution in [1.29, 1.82) is 0 Å². The topological polar surface area (TPSA) is 17.1 Å². The van der Waals surface area contributed by atoms with Gasteiger partial charge in [0, 0.05) is 11.8 Å². The Morgan fingerprint density at radius 3 is 2.64 bits per heavy atom. The van der Waals surface area contributed by atoms with E-state index in [2.05, 4.69) is 13.8 Å². The van der Waals surface area contributed by atoms with Crippen molar-refractivity contribution < 1.29 is 4.79 Å². The summed E-state index contributed by atoms with van der Waals surface area (Å²) in [6.07, 6.45) is 4.55. The van der Waals surface area contributed by atoms with E-state index in [4.69, 9.17) is 0 Å². The maximum atomic E-state index is 11.5. The van der Waals surface area contributed by atoms with Gasteiger partial charge in [-0.25, -0.2) is 0 Å². The molecule has 1 unspecified atom stereocenters. The fourth-order valence-electron chi connectivity index (χ4n) is 3.24. The zero-order valence-corrected chi connectivity index (χ0v) is 7.39. The van der Waals surface area contributed by atoms with Gasteiger partial charge in [-0.3, -0.25) is 4.79 Å². The van der Waals surface area contributed by atoms with E-state index in [0.717, 1.165) is 24.7 Å². The highest BCUT2D eigenvalue weighted by Crippen LogP contribution is 2.56. The predicted molar refractivity (Wildman–Crippen MR) is 44.2 cm³/mol. The van der Waals surface area contributed by atoms with Gasteiger partial charge in [0.1, 0.15) is 5.78 Å². The summed E-state index contributed by atoms with van der Waals surface area (Å²) < 4.78 is 0. The van der Waals surface area contributed by atoms with E-state index in [1.54, 1.807) is 0 Å². The van der Waals surface area contributed by atoms with Gasteiger partial charge < -0.3 is 0 Å². The van der Waals surface area contributed by atoms with Crippen molar-refractivity contribution in [2.75, 3.05) is 0 Å². The third-order valence-electron chi connectivity index (χ3n) is 3.95. The third kappa shape index (κ3) is 0.743. The van der Waals surface area contributed by atoms with Crippen LogP contribution in [0.5, 0.6) is 0 Å². The van der Waals surface area contributed by atoms with Gasteiger partial charge in [-0.05, 0) is 24.7 Å². The zero-order valence-electron chi connectivity index (χ0n) is 7.39. The van der Waals surface area contributed by atoms with Crippen LogP contribution in [0, 0.1) is 17.3 Å². The molecule has 0 heterocycles. The molecule has 1 heteroatoms. The van der Waals surface area contributed by atoms with Crippen molar-refractivity contribution in [3.63, 3.8) is 0 Å². The van der Waals surface area contributed by atoms with Crippen molar-refractivity contribution in [3.8, 4) is 0 Å². The van der Waals surface area contributed by atoms with Crippen LogP contribution < -0.4 is 0 Å². The van der Waals surface area contributed by atoms with Crippen LogP contribution in [0.15, 0.2) is 0 Å². The van der Waals surface area contributed by atoms with Gasteiger partial charge in [0.25, 0.3) is 0 Å². The molecular formula is C10H16O. The average Bonchev–Trinajstić information content (AvgIpc) is 2.38. The molecule has 0 spiro atoms. The fraction of sp³-hybridized carbons (Fsp3) is 0.900. The Morgan fingerprint density at radius 1 is 1.64 bits per heavy atom. The highest BCUT2D eigenvalue weighted by atomic mass is 16.1. The van der Waals surface area contributed by atoms with Gasteiger partial charge in [-0.1, -0.05) is 20.3 Å². The van der Waals surface area contributed by atoms with Gasteiger partial charge in [0.2, 0.25) is 0 Å². The zero-order chi connectivity index (χ0) is 8.06. The van der Waals surface area contributed by atoms with Gasteiger partial charge >= 0.3 is 0 Å². The van der Waals surface area contributed by atoms with E-state index in [1.807, 2.05) is 0 Å². The molecule has 0 aromatic rings. The second kappa shape index (κ2) is 2.09. The number of hydrogen-bond donors (Lipinski definition) is 0. The summed E-state index contributed by atoms with van der Waals surface area (Å²) in [6, 6.07) is 0. The first-order valence-electron chi connectivity index (χ1n) is 4.72. The fourth-order valence-corrected chi connectivity index (χ4v) is 3.24. The number of carbonyl (C=O) groups excluding carboxylic acids is 1. The normalized spacial score (nSPS) is 48.7.